The fourth-order valence-corrected chi connectivity index (χ4v) is 2.28. The number of unbranched alkanes of at least 4 members (excludes halogenated alkanes) is 4. The topological polar surface area (TPSA) is 66.4 Å². The van der Waals surface area contributed by atoms with E-state index >= 15 is 0 Å². The number of hydrogen-bond donors (Lipinski definition) is 2. The van der Waals surface area contributed by atoms with E-state index in [-0.39, 0.29) is 17.7 Å². The van der Waals surface area contributed by atoms with Crippen LogP contribution in [0, 0.1) is 5.41 Å². The van der Waals surface area contributed by atoms with Crippen LogP contribution in [0.25, 0.3) is 0 Å². The minimum Gasteiger partial charge on any atom is -0.481 e. The Bertz CT molecular complexity index is 285. The molecule has 0 spiro atoms. The van der Waals surface area contributed by atoms with Crippen LogP contribution in [0.2, 0.25) is 0 Å². The van der Waals surface area contributed by atoms with Gasteiger partial charge in [0, 0.05) is 18.4 Å². The van der Waals surface area contributed by atoms with Crippen LogP contribution in [-0.2, 0) is 9.59 Å². The minimum atomic E-state index is -0.712. The van der Waals surface area contributed by atoms with Gasteiger partial charge < -0.3 is 10.4 Å². The summed E-state index contributed by atoms with van der Waals surface area (Å²) in [5, 5.41) is 11.5. The quantitative estimate of drug-likeness (QED) is 0.622. The molecule has 0 radical (unpaired) electrons. The highest BCUT2D eigenvalue weighted by Gasteiger charge is 2.38. The second-order valence-electron chi connectivity index (χ2n) is 5.58. The molecule has 0 aromatic rings. The Morgan fingerprint density at radius 2 is 1.72 bits per heavy atom. The Morgan fingerprint density at radius 1 is 1.11 bits per heavy atom. The van der Waals surface area contributed by atoms with Gasteiger partial charge in [-0.05, 0) is 25.7 Å². The van der Waals surface area contributed by atoms with Crippen LogP contribution in [0.15, 0.2) is 0 Å². The Labute approximate surface area is 109 Å². The van der Waals surface area contributed by atoms with Gasteiger partial charge in [0.15, 0.2) is 0 Å². The summed E-state index contributed by atoms with van der Waals surface area (Å²) in [6, 6.07) is 0. The van der Waals surface area contributed by atoms with Gasteiger partial charge in [0.25, 0.3) is 0 Å². The Kier molecular flexibility index (Phi) is 6.16. The number of carboxylic acids is 1. The maximum absolute atomic E-state index is 11.8. The highest BCUT2D eigenvalue weighted by molar-refractivity contribution is 5.82. The van der Waals surface area contributed by atoms with Crippen molar-refractivity contribution in [3.63, 3.8) is 0 Å². The Morgan fingerprint density at radius 3 is 2.28 bits per heavy atom. The number of rotatable bonds is 9. The summed E-state index contributed by atoms with van der Waals surface area (Å²) in [4.78, 5) is 22.1. The van der Waals surface area contributed by atoms with E-state index in [1.165, 1.54) is 6.42 Å². The minimum absolute atomic E-state index is 0.0957. The monoisotopic (exact) mass is 255 g/mol. The van der Waals surface area contributed by atoms with Crippen molar-refractivity contribution in [1.82, 2.24) is 5.32 Å². The molecule has 4 nitrogen and oxygen atoms in total. The largest absolute Gasteiger partial charge is 0.481 e. The van der Waals surface area contributed by atoms with Gasteiger partial charge in [0.2, 0.25) is 5.91 Å². The van der Waals surface area contributed by atoms with Gasteiger partial charge >= 0.3 is 5.97 Å². The van der Waals surface area contributed by atoms with Crippen LogP contribution in [-0.4, -0.2) is 23.5 Å². The van der Waals surface area contributed by atoms with Crippen molar-refractivity contribution in [3.05, 3.63) is 0 Å². The third-order valence-corrected chi connectivity index (χ3v) is 3.86. The molecule has 0 bridgehead atoms. The first-order valence-corrected chi connectivity index (χ1v) is 7.05. The Hall–Kier alpha value is -1.06. The van der Waals surface area contributed by atoms with Crippen LogP contribution in [0.5, 0.6) is 0 Å². The second kappa shape index (κ2) is 7.39. The summed E-state index contributed by atoms with van der Waals surface area (Å²) >= 11 is 0. The fraction of sp³-hybridized carbons (Fsp3) is 0.857. The van der Waals surface area contributed by atoms with Crippen molar-refractivity contribution in [2.24, 2.45) is 5.41 Å². The third-order valence-electron chi connectivity index (χ3n) is 3.86. The predicted octanol–water partition coefficient (Wildman–Crippen LogP) is 2.72. The van der Waals surface area contributed by atoms with Crippen LogP contribution in [0.3, 0.4) is 0 Å². The molecule has 2 N–H and O–H groups in total. The van der Waals surface area contributed by atoms with E-state index in [1.807, 2.05) is 6.92 Å². The second-order valence-corrected chi connectivity index (χ2v) is 5.58. The smallest absolute Gasteiger partial charge is 0.303 e. The number of aliphatic carboxylic acids is 1. The zero-order valence-corrected chi connectivity index (χ0v) is 11.3. The average Bonchev–Trinajstić information content (AvgIpc) is 2.28. The van der Waals surface area contributed by atoms with Gasteiger partial charge in [0.05, 0.1) is 0 Å². The summed E-state index contributed by atoms with van der Waals surface area (Å²) in [6.07, 6.45) is 8.34. The third kappa shape index (κ3) is 5.07. The molecule has 1 aliphatic rings. The number of carboxylic acid groups (broad SMARTS) is 1. The Balaban J connectivity index is 1.89. The standard InChI is InChI=1S/C14H25NO3/c1-14(9-7-10-14)13(18)15-11-6-4-2-3-5-8-12(16)17/h2-11H2,1H3,(H,15,18)(H,16,17). The normalized spacial score (nSPS) is 16.9. The summed E-state index contributed by atoms with van der Waals surface area (Å²) in [5.41, 5.74) is -0.0957. The molecule has 1 fully saturated rings. The molecule has 0 atom stereocenters. The van der Waals surface area contributed by atoms with Crippen molar-refractivity contribution in [3.8, 4) is 0 Å². The first-order valence-electron chi connectivity index (χ1n) is 7.05. The molecule has 1 rings (SSSR count). The molecule has 1 saturated carbocycles. The van der Waals surface area contributed by atoms with Gasteiger partial charge in [-0.1, -0.05) is 32.6 Å². The van der Waals surface area contributed by atoms with E-state index in [4.69, 9.17) is 5.11 Å². The van der Waals surface area contributed by atoms with E-state index in [2.05, 4.69) is 5.32 Å². The maximum Gasteiger partial charge on any atom is 0.303 e. The SMILES string of the molecule is CC1(C(=O)NCCCCCCCC(=O)O)CCC1. The fourth-order valence-electron chi connectivity index (χ4n) is 2.28. The highest BCUT2D eigenvalue weighted by Crippen LogP contribution is 2.40. The molecular formula is C14H25NO3. The molecule has 104 valence electrons. The lowest BCUT2D eigenvalue weighted by Gasteiger charge is -2.36. The van der Waals surface area contributed by atoms with E-state index in [0.717, 1.165) is 51.5 Å². The van der Waals surface area contributed by atoms with Gasteiger partial charge in [-0.3, -0.25) is 9.59 Å². The molecule has 0 unspecified atom stereocenters. The van der Waals surface area contributed by atoms with Crippen molar-refractivity contribution >= 4 is 11.9 Å². The molecule has 0 aromatic heterocycles. The maximum atomic E-state index is 11.8. The van der Waals surface area contributed by atoms with E-state index in [1.54, 1.807) is 0 Å². The van der Waals surface area contributed by atoms with Crippen LogP contribution < -0.4 is 5.32 Å². The van der Waals surface area contributed by atoms with E-state index in [9.17, 15) is 9.59 Å². The molecular weight excluding hydrogens is 230 g/mol. The number of nitrogens with one attached hydrogen (secondary N) is 1. The van der Waals surface area contributed by atoms with Crippen molar-refractivity contribution < 1.29 is 14.7 Å². The number of hydrogen-bond acceptors (Lipinski definition) is 2. The lowest BCUT2D eigenvalue weighted by atomic mass is 9.70. The molecule has 4 heteroatoms. The van der Waals surface area contributed by atoms with E-state index in [0.29, 0.717) is 0 Å². The van der Waals surface area contributed by atoms with Crippen molar-refractivity contribution in [2.45, 2.75) is 64.7 Å². The number of carbonyl (C=O) groups is 2. The summed E-state index contributed by atoms with van der Waals surface area (Å²) in [5.74, 6) is -0.504. The van der Waals surface area contributed by atoms with E-state index < -0.39 is 5.97 Å². The zero-order chi connectivity index (χ0) is 13.4. The van der Waals surface area contributed by atoms with Gasteiger partial charge in [0.1, 0.15) is 0 Å². The molecule has 0 heterocycles. The summed E-state index contributed by atoms with van der Waals surface area (Å²) in [6.45, 7) is 2.80. The summed E-state index contributed by atoms with van der Waals surface area (Å²) < 4.78 is 0. The molecule has 18 heavy (non-hydrogen) atoms. The van der Waals surface area contributed by atoms with Gasteiger partial charge in [-0.15, -0.1) is 0 Å². The zero-order valence-electron chi connectivity index (χ0n) is 11.3. The van der Waals surface area contributed by atoms with Crippen LogP contribution in [0.4, 0.5) is 0 Å². The molecule has 1 aliphatic carbocycles. The molecule has 0 aliphatic heterocycles. The highest BCUT2D eigenvalue weighted by atomic mass is 16.4. The molecule has 0 saturated heterocycles. The lowest BCUT2D eigenvalue weighted by molar-refractivity contribution is -0.137. The predicted molar refractivity (Wildman–Crippen MR) is 70.3 cm³/mol. The number of amides is 1. The number of carbonyl (C=O) groups excluding carboxylic acids is 1. The van der Waals surface area contributed by atoms with Gasteiger partial charge in [-0.2, -0.15) is 0 Å². The average molecular weight is 255 g/mol. The molecule has 1 amide bonds. The first-order chi connectivity index (χ1) is 8.54. The van der Waals surface area contributed by atoms with Gasteiger partial charge in [-0.25, -0.2) is 0 Å². The summed E-state index contributed by atoms with van der Waals surface area (Å²) in [7, 11) is 0. The van der Waals surface area contributed by atoms with Crippen LogP contribution >= 0.6 is 0 Å². The van der Waals surface area contributed by atoms with Crippen molar-refractivity contribution in [2.75, 3.05) is 6.54 Å². The van der Waals surface area contributed by atoms with Crippen molar-refractivity contribution in [1.29, 1.82) is 0 Å². The first kappa shape index (κ1) is 15.0. The molecule has 0 aromatic carbocycles. The van der Waals surface area contributed by atoms with Crippen LogP contribution in [0.1, 0.15) is 64.7 Å². The lowest BCUT2D eigenvalue weighted by Crippen LogP contribution is -2.43.